The SMILES string of the molecule is O=CC1CCC(NN2CCC[C@H]2C=O)CC1. The van der Waals surface area contributed by atoms with Gasteiger partial charge < -0.3 is 9.59 Å². The summed E-state index contributed by atoms with van der Waals surface area (Å²) < 4.78 is 0. The molecule has 1 saturated carbocycles. The molecule has 0 spiro atoms. The van der Waals surface area contributed by atoms with Crippen LogP contribution in [0.3, 0.4) is 0 Å². The lowest BCUT2D eigenvalue weighted by Gasteiger charge is -2.32. The monoisotopic (exact) mass is 224 g/mol. The molecule has 0 aromatic rings. The first kappa shape index (κ1) is 11.7. The molecule has 0 amide bonds. The fourth-order valence-corrected chi connectivity index (χ4v) is 2.71. The molecule has 4 nitrogen and oxygen atoms in total. The molecule has 1 aliphatic carbocycles. The van der Waals surface area contributed by atoms with Crippen LogP contribution in [-0.2, 0) is 9.59 Å². The van der Waals surface area contributed by atoms with Crippen molar-refractivity contribution >= 4 is 12.6 Å². The predicted molar refractivity (Wildman–Crippen MR) is 60.7 cm³/mol. The molecular weight excluding hydrogens is 204 g/mol. The van der Waals surface area contributed by atoms with Gasteiger partial charge in [0.2, 0.25) is 0 Å². The molecule has 2 rings (SSSR count). The standard InChI is InChI=1S/C12H20N2O2/c15-8-10-3-5-11(6-4-10)13-14-7-1-2-12(14)9-16/h8-13H,1-7H2/t10?,11?,12-/m0/s1. The third-order valence-corrected chi connectivity index (χ3v) is 3.77. The second-order valence-corrected chi connectivity index (χ2v) is 4.92. The highest BCUT2D eigenvalue weighted by molar-refractivity contribution is 5.57. The Morgan fingerprint density at radius 3 is 2.38 bits per heavy atom. The first-order valence-corrected chi connectivity index (χ1v) is 6.27. The van der Waals surface area contributed by atoms with Gasteiger partial charge in [-0.1, -0.05) is 0 Å². The molecule has 0 radical (unpaired) electrons. The lowest BCUT2D eigenvalue weighted by molar-refractivity contribution is -0.112. The summed E-state index contributed by atoms with van der Waals surface area (Å²) in [6.07, 6.45) is 8.26. The quantitative estimate of drug-likeness (QED) is 0.721. The highest BCUT2D eigenvalue weighted by atomic mass is 16.1. The maximum absolute atomic E-state index is 10.8. The third-order valence-electron chi connectivity index (χ3n) is 3.77. The topological polar surface area (TPSA) is 49.4 Å². The van der Waals surface area contributed by atoms with Gasteiger partial charge in [0.1, 0.15) is 12.6 Å². The zero-order valence-electron chi connectivity index (χ0n) is 9.60. The van der Waals surface area contributed by atoms with Gasteiger partial charge >= 0.3 is 0 Å². The van der Waals surface area contributed by atoms with E-state index in [-0.39, 0.29) is 12.0 Å². The van der Waals surface area contributed by atoms with E-state index in [1.165, 1.54) is 0 Å². The zero-order valence-corrected chi connectivity index (χ0v) is 9.60. The van der Waals surface area contributed by atoms with Crippen molar-refractivity contribution in [1.82, 2.24) is 10.4 Å². The summed E-state index contributed by atoms with van der Waals surface area (Å²) in [7, 11) is 0. The average molecular weight is 224 g/mol. The first-order valence-electron chi connectivity index (χ1n) is 6.27. The van der Waals surface area contributed by atoms with E-state index in [4.69, 9.17) is 0 Å². The van der Waals surface area contributed by atoms with Crippen LogP contribution in [0, 0.1) is 5.92 Å². The van der Waals surface area contributed by atoms with E-state index in [0.29, 0.717) is 6.04 Å². The Kier molecular flexibility index (Phi) is 4.07. The number of carbonyl (C=O) groups is 2. The van der Waals surface area contributed by atoms with Crippen LogP contribution in [0.25, 0.3) is 0 Å². The molecule has 1 saturated heterocycles. The highest BCUT2D eigenvalue weighted by Gasteiger charge is 2.28. The van der Waals surface area contributed by atoms with Crippen molar-refractivity contribution in [2.24, 2.45) is 5.92 Å². The fourth-order valence-electron chi connectivity index (χ4n) is 2.71. The van der Waals surface area contributed by atoms with Crippen LogP contribution in [0.1, 0.15) is 38.5 Å². The van der Waals surface area contributed by atoms with E-state index in [2.05, 4.69) is 10.4 Å². The summed E-state index contributed by atoms with van der Waals surface area (Å²) in [5.74, 6) is 0.262. The number of nitrogens with zero attached hydrogens (tertiary/aromatic N) is 1. The number of hydrogen-bond donors (Lipinski definition) is 1. The van der Waals surface area contributed by atoms with Crippen molar-refractivity contribution in [3.8, 4) is 0 Å². The molecule has 0 bridgehead atoms. The average Bonchev–Trinajstić information content (AvgIpc) is 2.77. The Labute approximate surface area is 96.3 Å². The molecular formula is C12H20N2O2. The van der Waals surface area contributed by atoms with E-state index in [1.54, 1.807) is 0 Å². The van der Waals surface area contributed by atoms with Crippen molar-refractivity contribution in [2.45, 2.75) is 50.6 Å². The summed E-state index contributed by atoms with van der Waals surface area (Å²) >= 11 is 0. The minimum Gasteiger partial charge on any atom is -0.303 e. The molecule has 1 atom stereocenters. The lowest BCUT2D eigenvalue weighted by Crippen LogP contribution is -2.49. The largest absolute Gasteiger partial charge is 0.303 e. The summed E-state index contributed by atoms with van der Waals surface area (Å²) in [5, 5.41) is 2.08. The van der Waals surface area contributed by atoms with Crippen molar-refractivity contribution in [1.29, 1.82) is 0 Å². The molecule has 2 aliphatic rings. The summed E-state index contributed by atoms with van der Waals surface area (Å²) in [5.41, 5.74) is 3.45. The lowest BCUT2D eigenvalue weighted by atomic mass is 9.87. The Balaban J connectivity index is 1.77. The molecule has 90 valence electrons. The van der Waals surface area contributed by atoms with Crippen molar-refractivity contribution in [3.05, 3.63) is 0 Å². The summed E-state index contributed by atoms with van der Waals surface area (Å²) in [4.78, 5) is 21.5. The van der Waals surface area contributed by atoms with Gasteiger partial charge in [-0.05, 0) is 38.5 Å². The number of nitrogens with one attached hydrogen (secondary N) is 1. The number of hydrazine groups is 1. The van der Waals surface area contributed by atoms with Gasteiger partial charge in [-0.2, -0.15) is 0 Å². The first-order chi connectivity index (χ1) is 7.83. The van der Waals surface area contributed by atoms with Gasteiger partial charge in [0, 0.05) is 18.5 Å². The molecule has 1 aliphatic heterocycles. The van der Waals surface area contributed by atoms with Gasteiger partial charge in [-0.25, -0.2) is 5.01 Å². The molecule has 4 heteroatoms. The molecule has 1 N–H and O–H groups in total. The van der Waals surface area contributed by atoms with E-state index in [0.717, 1.165) is 57.6 Å². The van der Waals surface area contributed by atoms with Crippen LogP contribution >= 0.6 is 0 Å². The number of aldehydes is 2. The van der Waals surface area contributed by atoms with Gasteiger partial charge in [0.05, 0.1) is 6.04 Å². The molecule has 2 fully saturated rings. The van der Waals surface area contributed by atoms with Crippen LogP contribution in [0.5, 0.6) is 0 Å². The Hall–Kier alpha value is -0.740. The molecule has 1 heterocycles. The van der Waals surface area contributed by atoms with Crippen LogP contribution < -0.4 is 5.43 Å². The summed E-state index contributed by atoms with van der Waals surface area (Å²) in [6, 6.07) is 0.514. The van der Waals surface area contributed by atoms with E-state index < -0.39 is 0 Å². The second-order valence-electron chi connectivity index (χ2n) is 4.92. The Morgan fingerprint density at radius 2 is 1.75 bits per heavy atom. The van der Waals surface area contributed by atoms with E-state index in [9.17, 15) is 9.59 Å². The van der Waals surface area contributed by atoms with Crippen LogP contribution in [-0.4, -0.2) is 36.2 Å². The smallest absolute Gasteiger partial charge is 0.138 e. The normalized spacial score (nSPS) is 36.1. The predicted octanol–water partition coefficient (Wildman–Crippen LogP) is 0.912. The molecule has 0 aromatic heterocycles. The van der Waals surface area contributed by atoms with Crippen molar-refractivity contribution in [3.63, 3.8) is 0 Å². The highest BCUT2D eigenvalue weighted by Crippen LogP contribution is 2.24. The number of hydrogen-bond acceptors (Lipinski definition) is 4. The van der Waals surface area contributed by atoms with Crippen LogP contribution in [0.4, 0.5) is 0 Å². The van der Waals surface area contributed by atoms with E-state index >= 15 is 0 Å². The van der Waals surface area contributed by atoms with E-state index in [1.807, 2.05) is 0 Å². The number of rotatable bonds is 4. The second kappa shape index (κ2) is 5.55. The maximum atomic E-state index is 10.8. The Bertz CT molecular complexity index is 249. The minimum absolute atomic E-state index is 0.0591. The zero-order chi connectivity index (χ0) is 11.4. The minimum atomic E-state index is 0.0591. The van der Waals surface area contributed by atoms with Crippen LogP contribution in [0.2, 0.25) is 0 Å². The summed E-state index contributed by atoms with van der Waals surface area (Å²) in [6.45, 7) is 0.969. The van der Waals surface area contributed by atoms with Gasteiger partial charge in [-0.15, -0.1) is 0 Å². The molecule has 0 aromatic carbocycles. The molecule has 0 unspecified atom stereocenters. The van der Waals surface area contributed by atoms with Gasteiger partial charge in [0.25, 0.3) is 0 Å². The van der Waals surface area contributed by atoms with Gasteiger partial charge in [0.15, 0.2) is 0 Å². The maximum Gasteiger partial charge on any atom is 0.138 e. The van der Waals surface area contributed by atoms with Gasteiger partial charge in [-0.3, -0.25) is 5.43 Å². The van der Waals surface area contributed by atoms with Crippen molar-refractivity contribution < 1.29 is 9.59 Å². The van der Waals surface area contributed by atoms with Crippen LogP contribution in [0.15, 0.2) is 0 Å². The molecule has 16 heavy (non-hydrogen) atoms. The van der Waals surface area contributed by atoms with Crippen molar-refractivity contribution in [2.75, 3.05) is 6.54 Å². The Morgan fingerprint density at radius 1 is 1.00 bits per heavy atom. The number of carbonyl (C=O) groups excluding carboxylic acids is 2. The fraction of sp³-hybridized carbons (Fsp3) is 0.833. The third kappa shape index (κ3) is 2.68.